The van der Waals surface area contributed by atoms with Crippen LogP contribution in [0.25, 0.3) is 0 Å². The molecule has 13 heavy (non-hydrogen) atoms. The van der Waals surface area contributed by atoms with Crippen molar-refractivity contribution in [2.45, 2.75) is 57.6 Å². The van der Waals surface area contributed by atoms with Crippen LogP contribution in [0, 0.1) is 5.92 Å². The molecule has 2 unspecified atom stereocenters. The summed E-state index contributed by atoms with van der Waals surface area (Å²) in [6.07, 6.45) is 7.85. The molecule has 2 N–H and O–H groups in total. The molecule has 0 amide bonds. The molecule has 1 fully saturated rings. The zero-order valence-corrected chi connectivity index (χ0v) is 8.92. The third-order valence-corrected chi connectivity index (χ3v) is 3.27. The van der Waals surface area contributed by atoms with Crippen molar-refractivity contribution in [1.82, 2.24) is 5.32 Å². The SMILES string of the molecule is CNC(CC1CCCCC1)C(C)O. The molecule has 0 aromatic rings. The van der Waals surface area contributed by atoms with Gasteiger partial charge >= 0.3 is 0 Å². The third kappa shape index (κ3) is 3.65. The van der Waals surface area contributed by atoms with E-state index in [1.165, 1.54) is 32.1 Å². The van der Waals surface area contributed by atoms with Gasteiger partial charge in [-0.3, -0.25) is 0 Å². The topological polar surface area (TPSA) is 32.3 Å². The van der Waals surface area contributed by atoms with E-state index < -0.39 is 0 Å². The van der Waals surface area contributed by atoms with Crippen molar-refractivity contribution in [1.29, 1.82) is 0 Å². The quantitative estimate of drug-likeness (QED) is 0.701. The standard InChI is InChI=1S/C11H23NO/c1-9(13)11(12-2)8-10-6-4-3-5-7-10/h9-13H,3-8H2,1-2H3. The lowest BCUT2D eigenvalue weighted by Crippen LogP contribution is -2.37. The van der Waals surface area contributed by atoms with Gasteiger partial charge in [-0.05, 0) is 26.3 Å². The largest absolute Gasteiger partial charge is 0.392 e. The molecule has 0 saturated heterocycles. The van der Waals surface area contributed by atoms with E-state index in [4.69, 9.17) is 0 Å². The Morgan fingerprint density at radius 2 is 1.92 bits per heavy atom. The first kappa shape index (κ1) is 11.0. The van der Waals surface area contributed by atoms with Crippen molar-refractivity contribution in [3.8, 4) is 0 Å². The fourth-order valence-corrected chi connectivity index (χ4v) is 2.34. The maximum Gasteiger partial charge on any atom is 0.0665 e. The average Bonchev–Trinajstić information content (AvgIpc) is 2.15. The van der Waals surface area contributed by atoms with Crippen molar-refractivity contribution in [2.24, 2.45) is 5.92 Å². The molecule has 1 rings (SSSR count). The van der Waals surface area contributed by atoms with Crippen molar-refractivity contribution < 1.29 is 5.11 Å². The van der Waals surface area contributed by atoms with E-state index in [1.54, 1.807) is 0 Å². The Morgan fingerprint density at radius 1 is 1.31 bits per heavy atom. The molecule has 0 heterocycles. The molecule has 0 aliphatic heterocycles. The van der Waals surface area contributed by atoms with Crippen molar-refractivity contribution in [3.63, 3.8) is 0 Å². The van der Waals surface area contributed by atoms with Crippen molar-refractivity contribution in [3.05, 3.63) is 0 Å². The smallest absolute Gasteiger partial charge is 0.0665 e. The second-order valence-electron chi connectivity index (χ2n) is 4.38. The summed E-state index contributed by atoms with van der Waals surface area (Å²) < 4.78 is 0. The number of nitrogens with one attached hydrogen (secondary N) is 1. The second-order valence-corrected chi connectivity index (χ2v) is 4.38. The lowest BCUT2D eigenvalue weighted by molar-refractivity contribution is 0.128. The molecule has 1 aliphatic rings. The number of aliphatic hydroxyl groups is 1. The summed E-state index contributed by atoms with van der Waals surface area (Å²) in [6, 6.07) is 0.295. The van der Waals surface area contributed by atoms with Gasteiger partial charge in [0.1, 0.15) is 0 Å². The predicted octanol–water partition coefficient (Wildman–Crippen LogP) is 1.93. The molecule has 0 bridgehead atoms. The van der Waals surface area contributed by atoms with Gasteiger partial charge in [-0.15, -0.1) is 0 Å². The number of likely N-dealkylation sites (N-methyl/N-ethyl adjacent to an activating group) is 1. The van der Waals surface area contributed by atoms with E-state index in [0.29, 0.717) is 6.04 Å². The fraction of sp³-hybridized carbons (Fsp3) is 1.00. The third-order valence-electron chi connectivity index (χ3n) is 3.27. The molecule has 2 nitrogen and oxygen atoms in total. The highest BCUT2D eigenvalue weighted by Crippen LogP contribution is 2.27. The Bertz CT molecular complexity index is 130. The van der Waals surface area contributed by atoms with E-state index in [1.807, 2.05) is 14.0 Å². The Morgan fingerprint density at radius 3 is 2.38 bits per heavy atom. The molecule has 0 aromatic carbocycles. The van der Waals surface area contributed by atoms with Gasteiger partial charge in [0.05, 0.1) is 6.10 Å². The Labute approximate surface area is 81.7 Å². The first-order valence-corrected chi connectivity index (χ1v) is 5.59. The van der Waals surface area contributed by atoms with Crippen molar-refractivity contribution >= 4 is 0 Å². The zero-order valence-electron chi connectivity index (χ0n) is 8.92. The van der Waals surface area contributed by atoms with Crippen LogP contribution >= 0.6 is 0 Å². The van der Waals surface area contributed by atoms with Crippen LogP contribution in [-0.2, 0) is 0 Å². The van der Waals surface area contributed by atoms with Crippen LogP contribution in [0.4, 0.5) is 0 Å². The van der Waals surface area contributed by atoms with Gasteiger partial charge in [-0.2, -0.15) is 0 Å². The van der Waals surface area contributed by atoms with Gasteiger partial charge in [0, 0.05) is 6.04 Å². The minimum atomic E-state index is -0.216. The second kappa shape index (κ2) is 5.61. The van der Waals surface area contributed by atoms with Crippen LogP contribution in [0.5, 0.6) is 0 Å². The average molecular weight is 185 g/mol. The molecule has 0 radical (unpaired) electrons. The summed E-state index contributed by atoms with van der Waals surface area (Å²) in [7, 11) is 1.94. The molecular weight excluding hydrogens is 162 g/mol. The van der Waals surface area contributed by atoms with Crippen LogP contribution in [0.1, 0.15) is 45.4 Å². The van der Waals surface area contributed by atoms with E-state index in [9.17, 15) is 5.11 Å². The zero-order chi connectivity index (χ0) is 9.68. The van der Waals surface area contributed by atoms with Crippen LogP contribution in [0.15, 0.2) is 0 Å². The minimum absolute atomic E-state index is 0.216. The Hall–Kier alpha value is -0.0800. The fourth-order valence-electron chi connectivity index (χ4n) is 2.34. The first-order valence-electron chi connectivity index (χ1n) is 5.59. The van der Waals surface area contributed by atoms with Crippen LogP contribution in [0.2, 0.25) is 0 Å². The maximum atomic E-state index is 9.48. The Balaban J connectivity index is 2.27. The summed E-state index contributed by atoms with van der Waals surface area (Å²) in [6.45, 7) is 1.88. The van der Waals surface area contributed by atoms with Gasteiger partial charge in [-0.25, -0.2) is 0 Å². The van der Waals surface area contributed by atoms with E-state index in [-0.39, 0.29) is 6.10 Å². The molecule has 2 heteroatoms. The number of rotatable bonds is 4. The predicted molar refractivity (Wildman–Crippen MR) is 55.7 cm³/mol. The summed E-state index contributed by atoms with van der Waals surface area (Å²) in [5.74, 6) is 0.848. The lowest BCUT2D eigenvalue weighted by atomic mass is 9.84. The summed E-state index contributed by atoms with van der Waals surface area (Å²) >= 11 is 0. The molecule has 0 spiro atoms. The van der Waals surface area contributed by atoms with E-state index >= 15 is 0 Å². The summed E-state index contributed by atoms with van der Waals surface area (Å²) in [4.78, 5) is 0. The van der Waals surface area contributed by atoms with Gasteiger partial charge in [0.15, 0.2) is 0 Å². The van der Waals surface area contributed by atoms with Gasteiger partial charge in [0.25, 0.3) is 0 Å². The molecule has 1 aliphatic carbocycles. The molecule has 0 aromatic heterocycles. The van der Waals surface area contributed by atoms with Gasteiger partial charge < -0.3 is 10.4 Å². The number of hydrogen-bond acceptors (Lipinski definition) is 2. The van der Waals surface area contributed by atoms with E-state index in [2.05, 4.69) is 5.32 Å². The summed E-state index contributed by atoms with van der Waals surface area (Å²) in [5.41, 5.74) is 0. The molecular formula is C11H23NO. The maximum absolute atomic E-state index is 9.48. The minimum Gasteiger partial charge on any atom is -0.392 e. The van der Waals surface area contributed by atoms with E-state index in [0.717, 1.165) is 12.3 Å². The highest BCUT2D eigenvalue weighted by Gasteiger charge is 2.20. The van der Waals surface area contributed by atoms with Crippen molar-refractivity contribution in [2.75, 3.05) is 7.05 Å². The number of aliphatic hydroxyl groups excluding tert-OH is 1. The molecule has 1 saturated carbocycles. The van der Waals surface area contributed by atoms with Crippen LogP contribution in [0.3, 0.4) is 0 Å². The van der Waals surface area contributed by atoms with Crippen LogP contribution in [-0.4, -0.2) is 24.3 Å². The van der Waals surface area contributed by atoms with Gasteiger partial charge in [-0.1, -0.05) is 32.1 Å². The number of hydrogen-bond donors (Lipinski definition) is 2. The monoisotopic (exact) mass is 185 g/mol. The summed E-state index contributed by atoms with van der Waals surface area (Å²) in [5, 5.41) is 12.7. The first-order chi connectivity index (χ1) is 6.24. The van der Waals surface area contributed by atoms with Gasteiger partial charge in [0.2, 0.25) is 0 Å². The molecule has 2 atom stereocenters. The lowest BCUT2D eigenvalue weighted by Gasteiger charge is -2.27. The molecule has 78 valence electrons. The highest BCUT2D eigenvalue weighted by molar-refractivity contribution is 4.76. The highest BCUT2D eigenvalue weighted by atomic mass is 16.3. The normalized spacial score (nSPS) is 24.2. The Kier molecular flexibility index (Phi) is 4.74. The van der Waals surface area contributed by atoms with Crippen LogP contribution < -0.4 is 5.32 Å².